The van der Waals surface area contributed by atoms with E-state index < -0.39 is 5.97 Å². The smallest absolute Gasteiger partial charge is 0.357 e. The van der Waals surface area contributed by atoms with Crippen molar-refractivity contribution < 1.29 is 9.90 Å². The topological polar surface area (TPSA) is 66.0 Å². The highest BCUT2D eigenvalue weighted by atomic mass is 79.9. The number of imidazole rings is 1. The molecular weight excluding hydrogens is 295 g/mol. The van der Waals surface area contributed by atoms with E-state index in [0.29, 0.717) is 5.82 Å². The number of nitrogens with zero attached hydrogens (tertiary/aromatic N) is 1. The Morgan fingerprint density at radius 3 is 2.50 bits per heavy atom. The molecule has 0 fully saturated rings. The number of halogens is 2. The van der Waals surface area contributed by atoms with Gasteiger partial charge in [-0.25, -0.2) is 9.78 Å². The first-order valence-corrected chi connectivity index (χ1v) is 5.50. The molecule has 1 heterocycles. The first-order valence-electron chi connectivity index (χ1n) is 4.32. The highest BCUT2D eigenvalue weighted by Crippen LogP contribution is 2.22. The normalized spacial score (nSPS) is 10.4. The standard InChI is InChI=1S/C10H6BrClN2O2/c11-6-3-1-5(2-4-6)9-13-7(10(15)16)8(12)14-9/h1-4H,(H,13,14)(H,15,16). The van der Waals surface area contributed by atoms with Crippen LogP contribution >= 0.6 is 27.5 Å². The van der Waals surface area contributed by atoms with E-state index in [1.54, 1.807) is 0 Å². The number of aromatic carboxylic acids is 1. The lowest BCUT2D eigenvalue weighted by Crippen LogP contribution is -1.96. The van der Waals surface area contributed by atoms with E-state index in [4.69, 9.17) is 16.7 Å². The maximum absolute atomic E-state index is 10.7. The minimum atomic E-state index is -1.15. The predicted molar refractivity (Wildman–Crippen MR) is 63.7 cm³/mol. The van der Waals surface area contributed by atoms with Crippen molar-refractivity contribution in [2.75, 3.05) is 0 Å². The van der Waals surface area contributed by atoms with Crippen LogP contribution in [0.25, 0.3) is 11.4 Å². The Morgan fingerprint density at radius 1 is 1.38 bits per heavy atom. The molecule has 1 aromatic heterocycles. The Bertz CT molecular complexity index is 536. The quantitative estimate of drug-likeness (QED) is 0.895. The van der Waals surface area contributed by atoms with E-state index in [2.05, 4.69) is 25.9 Å². The van der Waals surface area contributed by atoms with Gasteiger partial charge in [0.1, 0.15) is 11.0 Å². The average molecular weight is 302 g/mol. The molecule has 0 aliphatic carbocycles. The van der Waals surface area contributed by atoms with Crippen LogP contribution in [-0.2, 0) is 0 Å². The molecule has 6 heteroatoms. The Balaban J connectivity index is 2.45. The molecule has 2 N–H and O–H groups in total. The summed E-state index contributed by atoms with van der Waals surface area (Å²) in [6.45, 7) is 0. The van der Waals surface area contributed by atoms with Gasteiger partial charge in [-0.15, -0.1) is 0 Å². The van der Waals surface area contributed by atoms with Crippen LogP contribution < -0.4 is 0 Å². The fourth-order valence-corrected chi connectivity index (χ4v) is 1.72. The van der Waals surface area contributed by atoms with Crippen LogP contribution in [0.4, 0.5) is 0 Å². The van der Waals surface area contributed by atoms with Crippen LogP contribution in [0.3, 0.4) is 0 Å². The molecule has 0 amide bonds. The van der Waals surface area contributed by atoms with Gasteiger partial charge in [-0.3, -0.25) is 0 Å². The van der Waals surface area contributed by atoms with Crippen LogP contribution in [0.15, 0.2) is 28.7 Å². The summed E-state index contributed by atoms with van der Waals surface area (Å²) >= 11 is 9.02. The van der Waals surface area contributed by atoms with Gasteiger partial charge in [-0.2, -0.15) is 0 Å². The van der Waals surface area contributed by atoms with E-state index in [9.17, 15) is 4.79 Å². The zero-order chi connectivity index (χ0) is 11.7. The summed E-state index contributed by atoms with van der Waals surface area (Å²) in [5.41, 5.74) is 0.609. The monoisotopic (exact) mass is 300 g/mol. The summed E-state index contributed by atoms with van der Waals surface area (Å²) in [5.74, 6) is -0.709. The minimum absolute atomic E-state index is 0.0328. The summed E-state index contributed by atoms with van der Waals surface area (Å²) in [4.78, 5) is 17.4. The van der Waals surface area contributed by atoms with Crippen LogP contribution in [0.5, 0.6) is 0 Å². The van der Waals surface area contributed by atoms with E-state index in [-0.39, 0.29) is 10.8 Å². The number of hydrogen-bond acceptors (Lipinski definition) is 2. The molecule has 82 valence electrons. The average Bonchev–Trinajstić information content (AvgIpc) is 2.61. The number of aromatic nitrogens is 2. The number of hydrogen-bond donors (Lipinski definition) is 2. The molecule has 1 aromatic carbocycles. The number of carboxylic acids is 1. The van der Waals surface area contributed by atoms with Crippen molar-refractivity contribution in [1.82, 2.24) is 9.97 Å². The Kier molecular flexibility index (Phi) is 2.98. The molecule has 0 unspecified atom stereocenters. The Hall–Kier alpha value is -1.33. The van der Waals surface area contributed by atoms with E-state index in [1.165, 1.54) is 0 Å². The molecule has 0 aliphatic heterocycles. The summed E-state index contributed by atoms with van der Waals surface area (Å²) in [6.07, 6.45) is 0. The van der Waals surface area contributed by atoms with E-state index >= 15 is 0 Å². The SMILES string of the molecule is O=C(O)c1nc(-c2ccc(Br)cc2)[nH]c1Cl. The molecule has 0 bridgehead atoms. The second-order valence-electron chi connectivity index (χ2n) is 3.06. The number of aromatic amines is 1. The van der Waals surface area contributed by atoms with E-state index in [1.807, 2.05) is 24.3 Å². The van der Waals surface area contributed by atoms with Gasteiger partial charge >= 0.3 is 5.97 Å². The third-order valence-corrected chi connectivity index (χ3v) is 2.78. The highest BCUT2D eigenvalue weighted by molar-refractivity contribution is 9.10. The lowest BCUT2D eigenvalue weighted by atomic mass is 10.2. The second kappa shape index (κ2) is 4.27. The van der Waals surface area contributed by atoms with Crippen molar-refractivity contribution in [1.29, 1.82) is 0 Å². The molecule has 4 nitrogen and oxygen atoms in total. The molecule has 0 spiro atoms. The van der Waals surface area contributed by atoms with Crippen molar-refractivity contribution in [2.45, 2.75) is 0 Å². The number of nitrogens with one attached hydrogen (secondary N) is 1. The Morgan fingerprint density at radius 2 is 2.00 bits per heavy atom. The van der Waals surface area contributed by atoms with Gasteiger partial charge in [0.25, 0.3) is 0 Å². The van der Waals surface area contributed by atoms with Gasteiger partial charge < -0.3 is 10.1 Å². The second-order valence-corrected chi connectivity index (χ2v) is 4.35. The fraction of sp³-hybridized carbons (Fsp3) is 0. The van der Waals surface area contributed by atoms with Crippen molar-refractivity contribution in [2.24, 2.45) is 0 Å². The van der Waals surface area contributed by atoms with Crippen molar-refractivity contribution in [3.8, 4) is 11.4 Å². The van der Waals surface area contributed by atoms with Gasteiger partial charge in [0.2, 0.25) is 0 Å². The lowest BCUT2D eigenvalue weighted by molar-refractivity contribution is 0.0691. The third-order valence-electron chi connectivity index (χ3n) is 1.98. The molecule has 16 heavy (non-hydrogen) atoms. The van der Waals surface area contributed by atoms with Gasteiger partial charge in [0.05, 0.1) is 0 Å². The summed E-state index contributed by atoms with van der Waals surface area (Å²) in [5, 5.41) is 8.83. The summed E-state index contributed by atoms with van der Waals surface area (Å²) < 4.78 is 0.937. The van der Waals surface area contributed by atoms with Crippen LogP contribution in [-0.4, -0.2) is 21.0 Å². The van der Waals surface area contributed by atoms with Crippen LogP contribution in [0.1, 0.15) is 10.5 Å². The van der Waals surface area contributed by atoms with Crippen LogP contribution in [0.2, 0.25) is 5.15 Å². The van der Waals surface area contributed by atoms with Gasteiger partial charge in [0.15, 0.2) is 5.69 Å². The fourth-order valence-electron chi connectivity index (χ4n) is 1.24. The number of carboxylic acid groups (broad SMARTS) is 1. The molecule has 0 saturated carbocycles. The number of benzene rings is 1. The molecule has 0 atom stereocenters. The summed E-state index contributed by atoms with van der Waals surface area (Å²) in [7, 11) is 0. The third kappa shape index (κ3) is 2.10. The molecular formula is C10H6BrClN2O2. The summed E-state index contributed by atoms with van der Waals surface area (Å²) in [6, 6.07) is 7.30. The largest absolute Gasteiger partial charge is 0.476 e. The number of H-pyrrole nitrogens is 1. The van der Waals surface area contributed by atoms with E-state index in [0.717, 1.165) is 10.0 Å². The highest BCUT2D eigenvalue weighted by Gasteiger charge is 2.15. The van der Waals surface area contributed by atoms with Crippen LogP contribution in [0, 0.1) is 0 Å². The first kappa shape index (κ1) is 11.2. The zero-order valence-corrected chi connectivity index (χ0v) is 10.2. The molecule has 0 saturated heterocycles. The molecule has 2 aromatic rings. The number of rotatable bonds is 2. The molecule has 2 rings (SSSR count). The minimum Gasteiger partial charge on any atom is -0.476 e. The zero-order valence-electron chi connectivity index (χ0n) is 7.87. The lowest BCUT2D eigenvalue weighted by Gasteiger charge is -1.95. The molecule has 0 radical (unpaired) electrons. The van der Waals surface area contributed by atoms with Crippen molar-refractivity contribution >= 4 is 33.5 Å². The molecule has 0 aliphatic rings. The van der Waals surface area contributed by atoms with Gasteiger partial charge in [-0.05, 0) is 12.1 Å². The number of carbonyl (C=O) groups is 1. The Labute approximate surface area is 104 Å². The van der Waals surface area contributed by atoms with Crippen molar-refractivity contribution in [3.05, 3.63) is 39.6 Å². The first-order chi connectivity index (χ1) is 7.58. The predicted octanol–water partition coefficient (Wildman–Crippen LogP) is 3.19. The van der Waals surface area contributed by atoms with Crippen molar-refractivity contribution in [3.63, 3.8) is 0 Å². The maximum Gasteiger partial charge on any atom is 0.357 e. The maximum atomic E-state index is 10.7. The van der Waals surface area contributed by atoms with Gasteiger partial charge in [-0.1, -0.05) is 39.7 Å². The van der Waals surface area contributed by atoms with Gasteiger partial charge in [0, 0.05) is 10.0 Å².